The first-order chi connectivity index (χ1) is 16.6. The molecule has 7 nitrogen and oxygen atoms in total. The maximum absolute atomic E-state index is 12.4. The van der Waals surface area contributed by atoms with Gasteiger partial charge in [0.1, 0.15) is 5.69 Å². The Balaban J connectivity index is 1.31. The largest absolute Gasteiger partial charge is 0.369 e. The highest BCUT2D eigenvalue weighted by atomic mass is 32.1. The molecule has 1 fully saturated rings. The highest BCUT2D eigenvalue weighted by molar-refractivity contribution is 7.13. The number of carbonyl (C=O) groups excluding carboxylic acids is 2. The molecule has 1 unspecified atom stereocenters. The van der Waals surface area contributed by atoms with Crippen LogP contribution in [0.25, 0.3) is 16.6 Å². The van der Waals surface area contributed by atoms with Gasteiger partial charge in [-0.05, 0) is 55.4 Å². The molecule has 0 saturated carbocycles. The molecule has 2 amide bonds. The first-order valence-electron chi connectivity index (χ1n) is 11.7. The number of thiophene rings is 1. The van der Waals surface area contributed by atoms with Gasteiger partial charge in [0.25, 0.3) is 0 Å². The fraction of sp³-hybridized carbons (Fsp3) is 0.346. The molecule has 178 valence electrons. The topological polar surface area (TPSA) is 93.3 Å². The Morgan fingerprint density at radius 1 is 1.21 bits per heavy atom. The van der Waals surface area contributed by atoms with Gasteiger partial charge in [-0.2, -0.15) is 5.10 Å². The van der Waals surface area contributed by atoms with Gasteiger partial charge < -0.3 is 16.0 Å². The van der Waals surface area contributed by atoms with Crippen LogP contribution in [0, 0.1) is 5.92 Å². The number of hydrogen-bond donors (Lipinski definition) is 2. The van der Waals surface area contributed by atoms with Crippen molar-refractivity contribution < 1.29 is 9.59 Å². The summed E-state index contributed by atoms with van der Waals surface area (Å²) < 4.78 is 1.92. The van der Waals surface area contributed by atoms with Crippen LogP contribution in [0.2, 0.25) is 0 Å². The van der Waals surface area contributed by atoms with Gasteiger partial charge in [-0.3, -0.25) is 14.3 Å². The van der Waals surface area contributed by atoms with Crippen LogP contribution in [0.3, 0.4) is 0 Å². The molecule has 1 aliphatic heterocycles. The van der Waals surface area contributed by atoms with Gasteiger partial charge >= 0.3 is 0 Å². The van der Waals surface area contributed by atoms with E-state index in [0.29, 0.717) is 13.1 Å². The Kier molecular flexibility index (Phi) is 8.27. The van der Waals surface area contributed by atoms with Gasteiger partial charge in [0.2, 0.25) is 11.8 Å². The third-order valence-electron chi connectivity index (χ3n) is 6.00. The molecule has 1 saturated heterocycles. The van der Waals surface area contributed by atoms with Crippen molar-refractivity contribution in [3.8, 4) is 10.6 Å². The minimum atomic E-state index is -0.211. The van der Waals surface area contributed by atoms with E-state index in [1.165, 1.54) is 5.56 Å². The number of carbonyl (C=O) groups is 2. The fourth-order valence-electron chi connectivity index (χ4n) is 4.24. The minimum absolute atomic E-state index is 0.0494. The molecule has 0 bridgehead atoms. The lowest BCUT2D eigenvalue weighted by molar-refractivity contribution is -0.123. The molecular formula is C26H31N5O2S. The number of hydrogen-bond acceptors (Lipinski definition) is 5. The zero-order valence-corrected chi connectivity index (χ0v) is 20.0. The van der Waals surface area contributed by atoms with Gasteiger partial charge in [-0.15, -0.1) is 11.3 Å². The summed E-state index contributed by atoms with van der Waals surface area (Å²) in [6.45, 7) is 3.82. The SMILES string of the molecule is NC(=O)C1CCCN(CCCNC(=O)/C=C/c2cn(Cc3ccccc3)nc2-c2cccs2)C1. The molecule has 1 aliphatic rings. The number of likely N-dealkylation sites (tertiary alicyclic amines) is 1. The van der Waals surface area contributed by atoms with E-state index in [0.717, 1.165) is 55.0 Å². The average molecular weight is 478 g/mol. The second-order valence-electron chi connectivity index (χ2n) is 8.61. The summed E-state index contributed by atoms with van der Waals surface area (Å²) in [4.78, 5) is 27.2. The lowest BCUT2D eigenvalue weighted by Gasteiger charge is -2.31. The summed E-state index contributed by atoms with van der Waals surface area (Å²) >= 11 is 1.63. The molecule has 0 spiro atoms. The third-order valence-corrected chi connectivity index (χ3v) is 6.88. The van der Waals surface area contributed by atoms with Crippen LogP contribution in [0.1, 0.15) is 30.4 Å². The van der Waals surface area contributed by atoms with E-state index in [9.17, 15) is 9.59 Å². The predicted molar refractivity (Wildman–Crippen MR) is 136 cm³/mol. The van der Waals surface area contributed by atoms with Crippen molar-refractivity contribution in [2.75, 3.05) is 26.2 Å². The van der Waals surface area contributed by atoms with Crippen molar-refractivity contribution in [2.24, 2.45) is 11.7 Å². The first-order valence-corrected chi connectivity index (χ1v) is 12.6. The standard InChI is InChI=1S/C26H31N5O2S/c27-26(33)22-9-4-14-30(18-22)15-6-13-28-24(32)12-11-21-19-31(17-20-7-2-1-3-8-20)29-25(21)23-10-5-16-34-23/h1-3,5,7-8,10-12,16,19,22H,4,6,9,13-15,17-18H2,(H2,27,33)(H,28,32)/b12-11+. The summed E-state index contributed by atoms with van der Waals surface area (Å²) in [5.74, 6) is -0.384. The van der Waals surface area contributed by atoms with Gasteiger partial charge in [0.15, 0.2) is 0 Å². The number of piperidine rings is 1. The van der Waals surface area contributed by atoms with Crippen molar-refractivity contribution in [3.63, 3.8) is 0 Å². The van der Waals surface area contributed by atoms with Crippen LogP contribution in [-0.4, -0.2) is 52.7 Å². The third kappa shape index (κ3) is 6.65. The van der Waals surface area contributed by atoms with E-state index in [1.54, 1.807) is 17.4 Å². The van der Waals surface area contributed by atoms with E-state index in [4.69, 9.17) is 10.8 Å². The quantitative estimate of drug-likeness (QED) is 0.346. The molecule has 4 rings (SSSR count). The molecule has 1 atom stereocenters. The van der Waals surface area contributed by atoms with Gasteiger partial charge in [-0.1, -0.05) is 36.4 Å². The number of rotatable bonds is 10. The monoisotopic (exact) mass is 477 g/mol. The van der Waals surface area contributed by atoms with Crippen LogP contribution in [-0.2, 0) is 16.1 Å². The number of nitrogens with zero attached hydrogens (tertiary/aromatic N) is 3. The van der Waals surface area contributed by atoms with Crippen LogP contribution in [0.4, 0.5) is 0 Å². The van der Waals surface area contributed by atoms with Crippen LogP contribution < -0.4 is 11.1 Å². The zero-order valence-electron chi connectivity index (χ0n) is 19.2. The number of primary amides is 1. The van der Waals surface area contributed by atoms with Crippen molar-refractivity contribution >= 4 is 29.2 Å². The Morgan fingerprint density at radius 2 is 2.06 bits per heavy atom. The van der Waals surface area contributed by atoms with Crippen molar-refractivity contribution in [1.29, 1.82) is 0 Å². The first kappa shape index (κ1) is 23.9. The summed E-state index contributed by atoms with van der Waals surface area (Å²) in [5, 5.41) is 9.76. The second-order valence-corrected chi connectivity index (χ2v) is 9.56. The van der Waals surface area contributed by atoms with Crippen molar-refractivity contribution in [1.82, 2.24) is 20.0 Å². The molecule has 3 aromatic rings. The summed E-state index contributed by atoms with van der Waals surface area (Å²) in [6, 6.07) is 14.2. The Bertz CT molecular complexity index is 1110. The summed E-state index contributed by atoms with van der Waals surface area (Å²) in [5.41, 5.74) is 8.42. The molecule has 8 heteroatoms. The molecular weight excluding hydrogens is 446 g/mol. The lowest BCUT2D eigenvalue weighted by atomic mass is 9.97. The predicted octanol–water partition coefficient (Wildman–Crippen LogP) is 3.38. The second kappa shape index (κ2) is 11.8. The Labute approximate surface area is 204 Å². The van der Waals surface area contributed by atoms with Crippen LogP contribution >= 0.6 is 11.3 Å². The minimum Gasteiger partial charge on any atom is -0.369 e. The van der Waals surface area contributed by atoms with E-state index in [1.807, 2.05) is 52.7 Å². The molecule has 3 heterocycles. The fourth-order valence-corrected chi connectivity index (χ4v) is 4.98. The highest BCUT2D eigenvalue weighted by Gasteiger charge is 2.23. The maximum atomic E-state index is 12.4. The molecule has 34 heavy (non-hydrogen) atoms. The normalized spacial score (nSPS) is 16.6. The maximum Gasteiger partial charge on any atom is 0.244 e. The highest BCUT2D eigenvalue weighted by Crippen LogP contribution is 2.27. The van der Waals surface area contributed by atoms with Crippen LogP contribution in [0.5, 0.6) is 0 Å². The number of aromatic nitrogens is 2. The number of benzene rings is 1. The smallest absolute Gasteiger partial charge is 0.244 e. The van der Waals surface area contributed by atoms with E-state index in [-0.39, 0.29) is 17.7 Å². The number of amides is 2. The number of nitrogens with two attached hydrogens (primary N) is 1. The van der Waals surface area contributed by atoms with Crippen molar-refractivity contribution in [2.45, 2.75) is 25.8 Å². The average Bonchev–Trinajstić information content (AvgIpc) is 3.51. The molecule has 3 N–H and O–H groups in total. The number of nitrogens with one attached hydrogen (secondary N) is 1. The molecule has 1 aromatic carbocycles. The molecule has 0 radical (unpaired) electrons. The van der Waals surface area contributed by atoms with E-state index in [2.05, 4.69) is 22.3 Å². The van der Waals surface area contributed by atoms with Gasteiger partial charge in [0, 0.05) is 30.9 Å². The van der Waals surface area contributed by atoms with E-state index < -0.39 is 0 Å². The molecule has 2 aromatic heterocycles. The lowest BCUT2D eigenvalue weighted by Crippen LogP contribution is -2.42. The molecule has 0 aliphatic carbocycles. The Morgan fingerprint density at radius 3 is 2.82 bits per heavy atom. The Hall–Kier alpha value is -3.23. The van der Waals surface area contributed by atoms with Gasteiger partial charge in [0.05, 0.1) is 17.3 Å². The summed E-state index contributed by atoms with van der Waals surface area (Å²) in [7, 11) is 0. The van der Waals surface area contributed by atoms with Gasteiger partial charge in [-0.25, -0.2) is 0 Å². The summed E-state index contributed by atoms with van der Waals surface area (Å²) in [6.07, 6.45) is 8.10. The van der Waals surface area contributed by atoms with E-state index >= 15 is 0 Å². The van der Waals surface area contributed by atoms with Crippen molar-refractivity contribution in [3.05, 3.63) is 71.2 Å². The zero-order chi connectivity index (χ0) is 23.8. The van der Waals surface area contributed by atoms with Crippen LogP contribution in [0.15, 0.2) is 60.1 Å².